The van der Waals surface area contributed by atoms with Crippen LogP contribution in [-0.2, 0) is 11.3 Å². The summed E-state index contributed by atoms with van der Waals surface area (Å²) in [6, 6.07) is 9.45. The fraction of sp³-hybridized carbons (Fsp3) is 0.231. The summed E-state index contributed by atoms with van der Waals surface area (Å²) in [6.07, 6.45) is 0. The standard InChI is InChI=1S/C13H14BrN3O/c1-9-6-10(2)17(16-9)8-13(18)15-12-5-3-4-11(14)7-12/h3-7H,8H2,1-2H3,(H,15,18). The van der Waals surface area contributed by atoms with Gasteiger partial charge in [-0.3, -0.25) is 9.48 Å². The monoisotopic (exact) mass is 307 g/mol. The minimum atomic E-state index is -0.0840. The largest absolute Gasteiger partial charge is 0.324 e. The number of amides is 1. The third-order valence-corrected chi connectivity index (χ3v) is 3.00. The normalized spacial score (nSPS) is 10.4. The zero-order valence-corrected chi connectivity index (χ0v) is 11.9. The third-order valence-electron chi connectivity index (χ3n) is 2.51. The summed E-state index contributed by atoms with van der Waals surface area (Å²) in [4.78, 5) is 11.9. The molecule has 0 fully saturated rings. The fourth-order valence-corrected chi connectivity index (χ4v) is 2.14. The van der Waals surface area contributed by atoms with E-state index in [0.717, 1.165) is 21.5 Å². The van der Waals surface area contributed by atoms with Crippen LogP contribution in [-0.4, -0.2) is 15.7 Å². The van der Waals surface area contributed by atoms with E-state index in [1.165, 1.54) is 0 Å². The molecule has 1 aromatic carbocycles. The van der Waals surface area contributed by atoms with Crippen LogP contribution in [0.3, 0.4) is 0 Å². The quantitative estimate of drug-likeness (QED) is 0.947. The van der Waals surface area contributed by atoms with Gasteiger partial charge in [-0.25, -0.2) is 0 Å². The number of halogens is 1. The number of rotatable bonds is 3. The Balaban J connectivity index is 2.03. The first-order chi connectivity index (χ1) is 8.54. The minimum Gasteiger partial charge on any atom is -0.324 e. The van der Waals surface area contributed by atoms with E-state index in [1.807, 2.05) is 44.2 Å². The molecule has 2 aromatic rings. The van der Waals surface area contributed by atoms with E-state index >= 15 is 0 Å². The Hall–Kier alpha value is -1.62. The Morgan fingerprint density at radius 2 is 2.17 bits per heavy atom. The average molecular weight is 308 g/mol. The average Bonchev–Trinajstić information content (AvgIpc) is 2.57. The van der Waals surface area contributed by atoms with Gasteiger partial charge in [0.25, 0.3) is 0 Å². The van der Waals surface area contributed by atoms with Crippen LogP contribution in [0.4, 0.5) is 5.69 Å². The summed E-state index contributed by atoms with van der Waals surface area (Å²) >= 11 is 3.36. The van der Waals surface area contributed by atoms with Crippen LogP contribution in [0.25, 0.3) is 0 Å². The highest BCUT2D eigenvalue weighted by Crippen LogP contribution is 2.15. The van der Waals surface area contributed by atoms with Crippen LogP contribution in [0.5, 0.6) is 0 Å². The Labute approximate surface area is 114 Å². The molecule has 0 spiro atoms. The van der Waals surface area contributed by atoms with Crippen LogP contribution >= 0.6 is 15.9 Å². The number of nitrogens with one attached hydrogen (secondary N) is 1. The maximum Gasteiger partial charge on any atom is 0.246 e. The molecule has 0 aliphatic heterocycles. The molecule has 1 aromatic heterocycles. The van der Waals surface area contributed by atoms with Gasteiger partial charge in [-0.1, -0.05) is 22.0 Å². The van der Waals surface area contributed by atoms with E-state index in [-0.39, 0.29) is 12.5 Å². The van der Waals surface area contributed by atoms with Crippen molar-refractivity contribution in [3.63, 3.8) is 0 Å². The van der Waals surface area contributed by atoms with Crippen molar-refractivity contribution in [3.05, 3.63) is 46.2 Å². The van der Waals surface area contributed by atoms with Crippen molar-refractivity contribution in [1.82, 2.24) is 9.78 Å². The van der Waals surface area contributed by atoms with Crippen molar-refractivity contribution < 1.29 is 4.79 Å². The predicted molar refractivity (Wildman–Crippen MR) is 74.5 cm³/mol. The number of carbonyl (C=O) groups is 1. The number of carbonyl (C=O) groups excluding carboxylic acids is 1. The van der Waals surface area contributed by atoms with Gasteiger partial charge in [0, 0.05) is 15.9 Å². The summed E-state index contributed by atoms with van der Waals surface area (Å²) < 4.78 is 2.63. The van der Waals surface area contributed by atoms with Gasteiger partial charge in [0.1, 0.15) is 6.54 Å². The van der Waals surface area contributed by atoms with Crippen molar-refractivity contribution in [2.45, 2.75) is 20.4 Å². The van der Waals surface area contributed by atoms with Gasteiger partial charge in [-0.05, 0) is 38.1 Å². The van der Waals surface area contributed by atoms with Gasteiger partial charge < -0.3 is 5.32 Å². The number of anilines is 1. The van der Waals surface area contributed by atoms with E-state index in [0.29, 0.717) is 0 Å². The molecule has 0 unspecified atom stereocenters. The zero-order valence-electron chi connectivity index (χ0n) is 10.3. The molecular formula is C13H14BrN3O. The molecular weight excluding hydrogens is 294 g/mol. The van der Waals surface area contributed by atoms with Crippen molar-refractivity contribution >= 4 is 27.5 Å². The number of hydrogen-bond acceptors (Lipinski definition) is 2. The van der Waals surface area contributed by atoms with E-state index in [4.69, 9.17) is 0 Å². The molecule has 94 valence electrons. The molecule has 2 rings (SSSR count). The predicted octanol–water partition coefficient (Wildman–Crippen LogP) is 2.90. The molecule has 1 N–H and O–H groups in total. The van der Waals surface area contributed by atoms with Crippen molar-refractivity contribution in [3.8, 4) is 0 Å². The molecule has 18 heavy (non-hydrogen) atoms. The van der Waals surface area contributed by atoms with Gasteiger partial charge in [-0.15, -0.1) is 0 Å². The summed E-state index contributed by atoms with van der Waals surface area (Å²) in [5.74, 6) is -0.0840. The second-order valence-electron chi connectivity index (χ2n) is 4.14. The smallest absolute Gasteiger partial charge is 0.246 e. The molecule has 5 heteroatoms. The van der Waals surface area contributed by atoms with Gasteiger partial charge in [0.05, 0.1) is 5.69 Å². The van der Waals surface area contributed by atoms with Crippen molar-refractivity contribution in [2.24, 2.45) is 0 Å². The molecule has 4 nitrogen and oxygen atoms in total. The van der Waals surface area contributed by atoms with Gasteiger partial charge in [0.2, 0.25) is 5.91 Å². The molecule has 0 bridgehead atoms. The van der Waals surface area contributed by atoms with E-state index in [2.05, 4.69) is 26.3 Å². The maximum atomic E-state index is 11.9. The zero-order chi connectivity index (χ0) is 13.1. The van der Waals surface area contributed by atoms with E-state index in [9.17, 15) is 4.79 Å². The molecule has 1 amide bonds. The van der Waals surface area contributed by atoms with Gasteiger partial charge >= 0.3 is 0 Å². The number of aryl methyl sites for hydroxylation is 2. The topological polar surface area (TPSA) is 46.9 Å². The van der Waals surface area contributed by atoms with Crippen molar-refractivity contribution in [2.75, 3.05) is 5.32 Å². The third kappa shape index (κ3) is 3.20. The fourth-order valence-electron chi connectivity index (χ4n) is 1.74. The lowest BCUT2D eigenvalue weighted by molar-refractivity contribution is -0.116. The minimum absolute atomic E-state index is 0.0840. The van der Waals surface area contributed by atoms with Gasteiger partial charge in [-0.2, -0.15) is 5.10 Å². The lowest BCUT2D eigenvalue weighted by atomic mass is 10.3. The highest BCUT2D eigenvalue weighted by molar-refractivity contribution is 9.10. The summed E-state index contributed by atoms with van der Waals surface area (Å²) in [6.45, 7) is 4.08. The lowest BCUT2D eigenvalue weighted by Gasteiger charge is -2.07. The Bertz CT molecular complexity index is 577. The van der Waals surface area contributed by atoms with Crippen molar-refractivity contribution in [1.29, 1.82) is 0 Å². The van der Waals surface area contributed by atoms with Crippen LogP contribution in [0, 0.1) is 13.8 Å². The molecule has 0 aliphatic rings. The van der Waals surface area contributed by atoms with Crippen LogP contribution in [0.2, 0.25) is 0 Å². The van der Waals surface area contributed by atoms with E-state index in [1.54, 1.807) is 4.68 Å². The van der Waals surface area contributed by atoms with Gasteiger partial charge in [0.15, 0.2) is 0 Å². The summed E-state index contributed by atoms with van der Waals surface area (Å²) in [5.41, 5.74) is 2.68. The molecule has 0 saturated heterocycles. The summed E-state index contributed by atoms with van der Waals surface area (Å²) in [5, 5.41) is 7.09. The molecule has 0 atom stereocenters. The maximum absolute atomic E-state index is 11.9. The first kappa shape index (κ1) is 12.8. The second kappa shape index (κ2) is 5.35. The Morgan fingerprint density at radius 1 is 1.39 bits per heavy atom. The number of aromatic nitrogens is 2. The Morgan fingerprint density at radius 3 is 2.78 bits per heavy atom. The molecule has 0 radical (unpaired) electrons. The highest BCUT2D eigenvalue weighted by atomic mass is 79.9. The van der Waals surface area contributed by atoms with Crippen LogP contribution < -0.4 is 5.32 Å². The first-order valence-electron chi connectivity index (χ1n) is 5.61. The first-order valence-corrected chi connectivity index (χ1v) is 6.40. The Kier molecular flexibility index (Phi) is 3.81. The summed E-state index contributed by atoms with van der Waals surface area (Å²) in [7, 11) is 0. The number of nitrogens with zero attached hydrogens (tertiary/aromatic N) is 2. The van der Waals surface area contributed by atoms with Crippen LogP contribution in [0.1, 0.15) is 11.4 Å². The molecule has 0 saturated carbocycles. The molecule has 1 heterocycles. The van der Waals surface area contributed by atoms with Crippen LogP contribution in [0.15, 0.2) is 34.8 Å². The SMILES string of the molecule is Cc1cc(C)n(CC(=O)Nc2cccc(Br)c2)n1. The molecule has 0 aliphatic carbocycles. The lowest BCUT2D eigenvalue weighted by Crippen LogP contribution is -2.20. The second-order valence-corrected chi connectivity index (χ2v) is 5.06. The number of benzene rings is 1. The highest BCUT2D eigenvalue weighted by Gasteiger charge is 2.07. The number of hydrogen-bond donors (Lipinski definition) is 1. The van der Waals surface area contributed by atoms with E-state index < -0.39 is 0 Å².